The molecule has 0 heterocycles. The first-order valence-electron chi connectivity index (χ1n) is 8.61. The van der Waals surface area contributed by atoms with E-state index in [0.29, 0.717) is 6.04 Å². The van der Waals surface area contributed by atoms with Gasteiger partial charge in [0.1, 0.15) is 0 Å². The Balaban J connectivity index is 2.82. The molecule has 0 spiro atoms. The zero-order valence-corrected chi connectivity index (χ0v) is 14.0. The van der Waals surface area contributed by atoms with E-state index in [9.17, 15) is 0 Å². The summed E-state index contributed by atoms with van der Waals surface area (Å²) in [6.45, 7) is 10.1. The monoisotopic (exact) mass is 275 g/mol. The van der Waals surface area contributed by atoms with E-state index in [0.717, 1.165) is 19.4 Å². The van der Waals surface area contributed by atoms with Crippen molar-refractivity contribution in [1.29, 1.82) is 0 Å². The highest BCUT2D eigenvalue weighted by atomic mass is 14.9. The molecule has 1 N–H and O–H groups in total. The maximum atomic E-state index is 3.70. The van der Waals surface area contributed by atoms with Crippen LogP contribution in [0, 0.1) is 0 Å². The molecule has 0 aliphatic rings. The van der Waals surface area contributed by atoms with E-state index in [-0.39, 0.29) is 0 Å². The zero-order chi connectivity index (χ0) is 14.8. The number of benzene rings is 1. The largest absolute Gasteiger partial charge is 0.310 e. The summed E-state index contributed by atoms with van der Waals surface area (Å²) in [5.41, 5.74) is 4.53. The van der Waals surface area contributed by atoms with Crippen molar-refractivity contribution in [2.24, 2.45) is 0 Å². The Morgan fingerprint density at radius 3 is 2.35 bits per heavy atom. The first kappa shape index (κ1) is 17.2. The molecule has 1 atom stereocenters. The molecule has 1 rings (SSSR count). The van der Waals surface area contributed by atoms with Gasteiger partial charge in [-0.1, -0.05) is 71.6 Å². The standard InChI is InChI=1S/C19H33N/c1-5-9-10-11-12-19(20-8-4)18-15-16(6-2)13-14-17(18)7-3/h13-15,19-20H,5-12H2,1-4H3. The predicted octanol–water partition coefficient (Wildman–Crippen LogP) is 5.43. The van der Waals surface area contributed by atoms with Gasteiger partial charge in [0.15, 0.2) is 0 Å². The molecule has 0 aliphatic carbocycles. The van der Waals surface area contributed by atoms with Gasteiger partial charge in [0.25, 0.3) is 0 Å². The highest BCUT2D eigenvalue weighted by Gasteiger charge is 2.14. The summed E-state index contributed by atoms with van der Waals surface area (Å²) in [5, 5.41) is 3.70. The van der Waals surface area contributed by atoms with Gasteiger partial charge in [-0.2, -0.15) is 0 Å². The van der Waals surface area contributed by atoms with Crippen molar-refractivity contribution in [2.75, 3.05) is 6.54 Å². The number of hydrogen-bond acceptors (Lipinski definition) is 1. The number of hydrogen-bond donors (Lipinski definition) is 1. The predicted molar refractivity (Wildman–Crippen MR) is 90.4 cm³/mol. The van der Waals surface area contributed by atoms with Gasteiger partial charge < -0.3 is 5.32 Å². The fraction of sp³-hybridized carbons (Fsp3) is 0.684. The molecule has 1 aromatic rings. The minimum atomic E-state index is 0.540. The summed E-state index contributed by atoms with van der Waals surface area (Å²) >= 11 is 0. The summed E-state index contributed by atoms with van der Waals surface area (Å²) in [6.07, 6.45) is 8.93. The molecular formula is C19H33N. The van der Waals surface area contributed by atoms with E-state index in [1.54, 1.807) is 5.56 Å². The van der Waals surface area contributed by atoms with Crippen LogP contribution in [-0.4, -0.2) is 6.54 Å². The molecule has 0 aromatic heterocycles. The Bertz CT molecular complexity index is 370. The van der Waals surface area contributed by atoms with Crippen LogP contribution in [-0.2, 0) is 12.8 Å². The number of unbranched alkanes of at least 4 members (excludes halogenated alkanes) is 3. The van der Waals surface area contributed by atoms with Crippen LogP contribution in [0.4, 0.5) is 0 Å². The summed E-state index contributed by atoms with van der Waals surface area (Å²) in [7, 11) is 0. The van der Waals surface area contributed by atoms with Crippen LogP contribution in [0.1, 0.15) is 82.5 Å². The first-order valence-corrected chi connectivity index (χ1v) is 8.61. The zero-order valence-electron chi connectivity index (χ0n) is 14.0. The van der Waals surface area contributed by atoms with Gasteiger partial charge in [0, 0.05) is 6.04 Å². The molecule has 114 valence electrons. The van der Waals surface area contributed by atoms with Crippen molar-refractivity contribution in [3.05, 3.63) is 34.9 Å². The SMILES string of the molecule is CCCCCCC(NCC)c1cc(CC)ccc1CC. The third-order valence-corrected chi connectivity index (χ3v) is 4.17. The number of rotatable bonds is 10. The minimum absolute atomic E-state index is 0.540. The Morgan fingerprint density at radius 2 is 1.75 bits per heavy atom. The van der Waals surface area contributed by atoms with Gasteiger partial charge in [0.2, 0.25) is 0 Å². The van der Waals surface area contributed by atoms with E-state index < -0.39 is 0 Å². The molecule has 0 aliphatic heterocycles. The third-order valence-electron chi connectivity index (χ3n) is 4.17. The molecule has 0 amide bonds. The maximum Gasteiger partial charge on any atom is 0.0322 e. The van der Waals surface area contributed by atoms with Crippen molar-refractivity contribution in [3.63, 3.8) is 0 Å². The lowest BCUT2D eigenvalue weighted by Crippen LogP contribution is -2.22. The lowest BCUT2D eigenvalue weighted by molar-refractivity contribution is 0.479. The average Bonchev–Trinajstić information content (AvgIpc) is 2.49. The fourth-order valence-electron chi connectivity index (χ4n) is 2.90. The molecule has 0 saturated carbocycles. The summed E-state index contributed by atoms with van der Waals surface area (Å²) in [4.78, 5) is 0. The van der Waals surface area contributed by atoms with Gasteiger partial charge in [-0.15, -0.1) is 0 Å². The van der Waals surface area contributed by atoms with E-state index in [1.165, 1.54) is 43.2 Å². The molecule has 0 radical (unpaired) electrons. The highest BCUT2D eigenvalue weighted by molar-refractivity contribution is 5.34. The molecule has 1 unspecified atom stereocenters. The smallest absolute Gasteiger partial charge is 0.0322 e. The molecule has 0 bridgehead atoms. The van der Waals surface area contributed by atoms with Crippen molar-refractivity contribution in [2.45, 2.75) is 78.7 Å². The van der Waals surface area contributed by atoms with Gasteiger partial charge in [-0.3, -0.25) is 0 Å². The Morgan fingerprint density at radius 1 is 0.950 bits per heavy atom. The highest BCUT2D eigenvalue weighted by Crippen LogP contribution is 2.25. The average molecular weight is 275 g/mol. The molecule has 0 fully saturated rings. The van der Waals surface area contributed by atoms with Crippen LogP contribution in [0.2, 0.25) is 0 Å². The topological polar surface area (TPSA) is 12.0 Å². The van der Waals surface area contributed by atoms with E-state index in [1.807, 2.05) is 0 Å². The summed E-state index contributed by atoms with van der Waals surface area (Å²) in [5.74, 6) is 0. The molecule has 20 heavy (non-hydrogen) atoms. The van der Waals surface area contributed by atoms with E-state index in [2.05, 4.69) is 51.2 Å². The molecule has 1 nitrogen and oxygen atoms in total. The van der Waals surface area contributed by atoms with Gasteiger partial charge in [-0.25, -0.2) is 0 Å². The second kappa shape index (κ2) is 9.99. The number of aryl methyl sites for hydroxylation is 2. The second-order valence-electron chi connectivity index (χ2n) is 5.70. The minimum Gasteiger partial charge on any atom is -0.310 e. The third kappa shape index (κ3) is 5.28. The van der Waals surface area contributed by atoms with E-state index in [4.69, 9.17) is 0 Å². The van der Waals surface area contributed by atoms with Gasteiger partial charge in [0.05, 0.1) is 0 Å². The molecule has 0 saturated heterocycles. The quantitative estimate of drug-likeness (QED) is 0.561. The summed E-state index contributed by atoms with van der Waals surface area (Å²) in [6, 6.07) is 7.61. The normalized spacial score (nSPS) is 12.6. The molecule has 1 heteroatoms. The van der Waals surface area contributed by atoms with Crippen LogP contribution in [0.15, 0.2) is 18.2 Å². The van der Waals surface area contributed by atoms with Crippen LogP contribution in [0.25, 0.3) is 0 Å². The summed E-state index contributed by atoms with van der Waals surface area (Å²) < 4.78 is 0. The van der Waals surface area contributed by atoms with Crippen molar-refractivity contribution in [3.8, 4) is 0 Å². The van der Waals surface area contributed by atoms with Crippen molar-refractivity contribution >= 4 is 0 Å². The van der Waals surface area contributed by atoms with E-state index >= 15 is 0 Å². The first-order chi connectivity index (χ1) is 9.76. The van der Waals surface area contributed by atoms with Gasteiger partial charge >= 0.3 is 0 Å². The molecule has 1 aromatic carbocycles. The lowest BCUT2D eigenvalue weighted by Gasteiger charge is -2.22. The Hall–Kier alpha value is -0.820. The maximum absolute atomic E-state index is 3.70. The Labute approximate surface area is 126 Å². The van der Waals surface area contributed by atoms with Crippen LogP contribution < -0.4 is 5.32 Å². The van der Waals surface area contributed by atoms with Crippen molar-refractivity contribution < 1.29 is 0 Å². The second-order valence-corrected chi connectivity index (χ2v) is 5.70. The lowest BCUT2D eigenvalue weighted by atomic mass is 9.92. The fourth-order valence-corrected chi connectivity index (χ4v) is 2.90. The van der Waals surface area contributed by atoms with Crippen LogP contribution >= 0.6 is 0 Å². The van der Waals surface area contributed by atoms with Crippen molar-refractivity contribution in [1.82, 2.24) is 5.32 Å². The Kier molecular flexibility index (Phi) is 8.60. The van der Waals surface area contributed by atoms with Crippen LogP contribution in [0.5, 0.6) is 0 Å². The van der Waals surface area contributed by atoms with Crippen LogP contribution in [0.3, 0.4) is 0 Å². The number of nitrogens with one attached hydrogen (secondary N) is 1. The van der Waals surface area contributed by atoms with Gasteiger partial charge in [-0.05, 0) is 42.5 Å². The molecular weight excluding hydrogens is 242 g/mol.